The summed E-state index contributed by atoms with van der Waals surface area (Å²) in [6.07, 6.45) is 4.34. The van der Waals surface area contributed by atoms with Gasteiger partial charge in [-0.2, -0.15) is 0 Å². The molecule has 0 radical (unpaired) electrons. The normalized spacial score (nSPS) is 14.0. The average Bonchev–Trinajstić information content (AvgIpc) is 3.35. The van der Waals surface area contributed by atoms with E-state index in [9.17, 15) is 24.3 Å². The first-order valence-electron chi connectivity index (χ1n) is 14.6. The number of amides is 3. The topological polar surface area (TPSA) is 257 Å². The Morgan fingerprint density at radius 2 is 1.56 bits per heavy atom. The van der Waals surface area contributed by atoms with Gasteiger partial charge in [0.15, 0.2) is 5.96 Å². The second kappa shape index (κ2) is 17.7. The van der Waals surface area contributed by atoms with Gasteiger partial charge in [0.05, 0.1) is 6.04 Å². The number of nitrogens with two attached hydrogens (primary N) is 4. The van der Waals surface area contributed by atoms with Gasteiger partial charge in [-0.3, -0.25) is 19.4 Å². The SMILES string of the molecule is CC(C)CC(NC(=O)C(Cc1c[nH]c2ccccc12)NC(=O)C(N)CCCCN)C(=O)NC(CCCN=C(N)N)C(=O)O. The van der Waals surface area contributed by atoms with Crippen molar-refractivity contribution in [3.05, 3.63) is 36.0 Å². The smallest absolute Gasteiger partial charge is 0.326 e. The van der Waals surface area contributed by atoms with E-state index >= 15 is 0 Å². The molecule has 0 fully saturated rings. The fourth-order valence-corrected chi connectivity index (χ4v) is 4.66. The van der Waals surface area contributed by atoms with Crippen molar-refractivity contribution in [2.24, 2.45) is 33.8 Å². The zero-order valence-electron chi connectivity index (χ0n) is 25.0. The molecule has 0 bridgehead atoms. The van der Waals surface area contributed by atoms with Crippen molar-refractivity contribution in [3.8, 4) is 0 Å². The number of carbonyl (C=O) groups is 4. The van der Waals surface area contributed by atoms with Crippen molar-refractivity contribution in [3.63, 3.8) is 0 Å². The van der Waals surface area contributed by atoms with Gasteiger partial charge in [0.2, 0.25) is 17.7 Å². The molecule has 43 heavy (non-hydrogen) atoms. The third-order valence-electron chi connectivity index (χ3n) is 6.94. The van der Waals surface area contributed by atoms with Crippen molar-refractivity contribution in [2.45, 2.75) is 83.0 Å². The number of benzene rings is 1. The molecule has 4 atom stereocenters. The highest BCUT2D eigenvalue weighted by atomic mass is 16.4. The number of hydrogen-bond acceptors (Lipinski definition) is 7. The van der Waals surface area contributed by atoms with Crippen LogP contribution in [0, 0.1) is 5.92 Å². The number of aliphatic carboxylic acids is 1. The summed E-state index contributed by atoms with van der Waals surface area (Å²) in [7, 11) is 0. The monoisotopic (exact) mass is 601 g/mol. The van der Waals surface area contributed by atoms with Gasteiger partial charge in [0.1, 0.15) is 18.1 Å². The number of H-pyrrole nitrogens is 1. The van der Waals surface area contributed by atoms with E-state index in [-0.39, 0.29) is 37.7 Å². The Labute approximate surface area is 251 Å². The van der Waals surface area contributed by atoms with Crippen LogP contribution in [0.2, 0.25) is 0 Å². The number of carbonyl (C=O) groups excluding carboxylic acids is 3. The second-order valence-electron chi connectivity index (χ2n) is 11.1. The van der Waals surface area contributed by atoms with Gasteiger partial charge in [-0.1, -0.05) is 38.5 Å². The lowest BCUT2D eigenvalue weighted by Gasteiger charge is -2.26. The zero-order chi connectivity index (χ0) is 31.9. The summed E-state index contributed by atoms with van der Waals surface area (Å²) in [5.74, 6) is -3.07. The van der Waals surface area contributed by atoms with Crippen LogP contribution in [0.5, 0.6) is 0 Å². The number of fused-ring (bicyclic) bond motifs is 1. The number of rotatable bonds is 19. The predicted octanol–water partition coefficient (Wildman–Crippen LogP) is -0.195. The first kappa shape index (κ1) is 35.0. The summed E-state index contributed by atoms with van der Waals surface area (Å²) in [6, 6.07) is 3.42. The molecule has 1 aromatic carbocycles. The maximum Gasteiger partial charge on any atom is 0.326 e. The molecule has 1 heterocycles. The minimum absolute atomic E-state index is 0.0150. The Hall–Kier alpha value is -4.17. The molecule has 0 aliphatic heterocycles. The summed E-state index contributed by atoms with van der Waals surface area (Å²) in [4.78, 5) is 58.8. The average molecular weight is 602 g/mol. The largest absolute Gasteiger partial charge is 0.480 e. The Kier molecular flexibility index (Phi) is 14.4. The number of aromatic amines is 1. The van der Waals surface area contributed by atoms with E-state index < -0.39 is 47.9 Å². The molecule has 1 aromatic heterocycles. The summed E-state index contributed by atoms with van der Waals surface area (Å²) < 4.78 is 0. The van der Waals surface area contributed by atoms with Crippen LogP contribution in [0.15, 0.2) is 35.5 Å². The molecular weight excluding hydrogens is 554 g/mol. The van der Waals surface area contributed by atoms with Crippen LogP contribution in [-0.4, -0.2) is 77.0 Å². The quantitative estimate of drug-likeness (QED) is 0.0586. The summed E-state index contributed by atoms with van der Waals surface area (Å²) in [5, 5.41) is 18.6. The number of carboxylic acid groups (broad SMARTS) is 1. The first-order valence-corrected chi connectivity index (χ1v) is 14.6. The van der Waals surface area contributed by atoms with Gasteiger partial charge in [-0.25, -0.2) is 4.79 Å². The van der Waals surface area contributed by atoms with Crippen LogP contribution in [0.1, 0.15) is 57.9 Å². The van der Waals surface area contributed by atoms with E-state index in [1.807, 2.05) is 38.1 Å². The number of unbranched alkanes of at least 4 members (excludes halogenated alkanes) is 1. The van der Waals surface area contributed by atoms with Crippen molar-refractivity contribution in [1.82, 2.24) is 20.9 Å². The summed E-state index contributed by atoms with van der Waals surface area (Å²) in [6.45, 7) is 4.44. The van der Waals surface area contributed by atoms with Crippen molar-refractivity contribution in [1.29, 1.82) is 0 Å². The molecule has 4 unspecified atom stereocenters. The van der Waals surface area contributed by atoms with Crippen molar-refractivity contribution >= 4 is 40.6 Å². The maximum atomic E-state index is 13.7. The van der Waals surface area contributed by atoms with Crippen LogP contribution in [0.25, 0.3) is 10.9 Å². The van der Waals surface area contributed by atoms with E-state index in [2.05, 4.69) is 25.9 Å². The fourth-order valence-electron chi connectivity index (χ4n) is 4.66. The van der Waals surface area contributed by atoms with Gasteiger partial charge in [-0.05, 0) is 56.2 Å². The highest BCUT2D eigenvalue weighted by Crippen LogP contribution is 2.19. The lowest BCUT2D eigenvalue weighted by atomic mass is 10.00. The molecule has 238 valence electrons. The minimum Gasteiger partial charge on any atom is -0.480 e. The molecule has 0 spiro atoms. The number of hydrogen-bond donors (Lipinski definition) is 9. The highest BCUT2D eigenvalue weighted by molar-refractivity contribution is 5.95. The van der Waals surface area contributed by atoms with E-state index in [0.717, 1.165) is 22.9 Å². The molecule has 14 nitrogen and oxygen atoms in total. The van der Waals surface area contributed by atoms with Gasteiger partial charge < -0.3 is 49.0 Å². The Morgan fingerprint density at radius 3 is 2.21 bits per heavy atom. The predicted molar refractivity (Wildman–Crippen MR) is 166 cm³/mol. The van der Waals surface area contributed by atoms with Crippen LogP contribution < -0.4 is 38.9 Å². The maximum absolute atomic E-state index is 13.7. The van der Waals surface area contributed by atoms with Crippen LogP contribution in [0.3, 0.4) is 0 Å². The van der Waals surface area contributed by atoms with Crippen LogP contribution in [0.4, 0.5) is 0 Å². The Morgan fingerprint density at radius 1 is 0.907 bits per heavy atom. The zero-order valence-corrected chi connectivity index (χ0v) is 25.0. The molecule has 3 amide bonds. The van der Waals surface area contributed by atoms with Gasteiger partial charge in [0, 0.05) is 30.1 Å². The molecule has 0 saturated heterocycles. The van der Waals surface area contributed by atoms with E-state index in [4.69, 9.17) is 22.9 Å². The van der Waals surface area contributed by atoms with Gasteiger partial charge in [0.25, 0.3) is 0 Å². The number of guanidine groups is 1. The summed E-state index contributed by atoms with van der Waals surface area (Å²) >= 11 is 0. The number of aliphatic imine (C=N–C) groups is 1. The standard InChI is InChI=1S/C29H47N9O5/c1-17(2)14-23(26(40)36-22(28(42)43)11-7-13-34-29(32)33)38-27(41)24(37-25(39)20(31)9-5-6-12-30)15-18-16-35-21-10-4-3-8-19(18)21/h3-4,8,10,16-17,20,22-24,35H,5-7,9,11-15,30-31H2,1-2H3,(H,36,40)(H,37,39)(H,38,41)(H,42,43)(H4,32,33,34). The van der Waals surface area contributed by atoms with Crippen LogP contribution in [-0.2, 0) is 25.6 Å². The van der Waals surface area contributed by atoms with E-state index in [1.165, 1.54) is 0 Å². The highest BCUT2D eigenvalue weighted by Gasteiger charge is 2.31. The Balaban J connectivity index is 2.24. The van der Waals surface area contributed by atoms with Crippen molar-refractivity contribution < 1.29 is 24.3 Å². The van der Waals surface area contributed by atoms with Gasteiger partial charge in [-0.15, -0.1) is 0 Å². The van der Waals surface area contributed by atoms with Gasteiger partial charge >= 0.3 is 5.97 Å². The third-order valence-corrected chi connectivity index (χ3v) is 6.94. The molecule has 14 heteroatoms. The number of nitrogens with zero attached hydrogens (tertiary/aromatic N) is 1. The van der Waals surface area contributed by atoms with E-state index in [0.29, 0.717) is 25.8 Å². The van der Waals surface area contributed by atoms with E-state index in [1.54, 1.807) is 6.20 Å². The fraction of sp³-hybridized carbons (Fsp3) is 0.552. The number of para-hydroxylation sites is 1. The molecular formula is C29H47N9O5. The molecule has 2 rings (SSSR count). The number of nitrogens with one attached hydrogen (secondary N) is 4. The molecule has 13 N–H and O–H groups in total. The Bertz CT molecular complexity index is 1240. The number of carboxylic acids is 1. The molecule has 0 aliphatic rings. The molecule has 2 aromatic rings. The number of aromatic nitrogens is 1. The lowest BCUT2D eigenvalue weighted by molar-refractivity contribution is -0.142. The third kappa shape index (κ3) is 11.9. The first-order chi connectivity index (χ1) is 20.4. The minimum atomic E-state index is -1.22. The van der Waals surface area contributed by atoms with Crippen molar-refractivity contribution in [2.75, 3.05) is 13.1 Å². The second-order valence-corrected chi connectivity index (χ2v) is 11.1. The molecule has 0 aliphatic carbocycles. The lowest BCUT2D eigenvalue weighted by Crippen LogP contribution is -2.57. The summed E-state index contributed by atoms with van der Waals surface area (Å²) in [5.41, 5.74) is 23.9. The molecule has 0 saturated carbocycles. The van der Waals surface area contributed by atoms with Crippen LogP contribution >= 0.6 is 0 Å².